The molecule has 0 aliphatic heterocycles. The van der Waals surface area contributed by atoms with E-state index >= 15 is 0 Å². The molecule has 0 amide bonds. The smallest absolute Gasteiger partial charge is 0.344 e. The summed E-state index contributed by atoms with van der Waals surface area (Å²) in [5.41, 5.74) is 0.659. The van der Waals surface area contributed by atoms with Gasteiger partial charge in [-0.15, -0.1) is 0 Å². The van der Waals surface area contributed by atoms with Gasteiger partial charge in [-0.3, -0.25) is 0 Å². The van der Waals surface area contributed by atoms with E-state index in [0.29, 0.717) is 37.7 Å². The maximum Gasteiger partial charge on any atom is 0.344 e. The summed E-state index contributed by atoms with van der Waals surface area (Å²) in [6.45, 7) is 0. The molecule has 24 heavy (non-hydrogen) atoms. The second-order valence-electron chi connectivity index (χ2n) is 5.07. The quantitative estimate of drug-likeness (QED) is 0.288. The summed E-state index contributed by atoms with van der Waals surface area (Å²) in [5.74, 6) is -0.232. The third-order valence-electron chi connectivity index (χ3n) is 3.60. The van der Waals surface area contributed by atoms with E-state index in [0.717, 1.165) is 0 Å². The van der Waals surface area contributed by atoms with Crippen molar-refractivity contribution in [1.82, 2.24) is 0 Å². The molecule has 2 heterocycles. The number of ether oxygens (including phenoxy) is 1. The van der Waals surface area contributed by atoms with Crippen LogP contribution in [0.25, 0.3) is 21.9 Å². The van der Waals surface area contributed by atoms with Crippen LogP contribution in [0.3, 0.4) is 0 Å². The monoisotopic (exact) mass is 384 g/mol. The van der Waals surface area contributed by atoms with Crippen LogP contribution in [-0.4, -0.2) is 5.97 Å². The van der Waals surface area contributed by atoms with Crippen LogP contribution >= 0.6 is 15.9 Å². The van der Waals surface area contributed by atoms with Gasteiger partial charge in [0.05, 0.1) is 22.6 Å². The lowest BCUT2D eigenvalue weighted by Gasteiger charge is -2.09. The van der Waals surface area contributed by atoms with Crippen LogP contribution in [0.4, 0.5) is 0 Å². The summed E-state index contributed by atoms with van der Waals surface area (Å²) in [4.78, 5) is 24.0. The number of benzene rings is 2. The fraction of sp³-hybridized carbons (Fsp3) is 0. The van der Waals surface area contributed by atoms with Gasteiger partial charge in [-0.1, -0.05) is 12.1 Å². The number of esters is 1. The Morgan fingerprint density at radius 1 is 1.00 bits per heavy atom. The first-order valence-electron chi connectivity index (χ1n) is 7.04. The molecule has 0 atom stereocenters. The van der Waals surface area contributed by atoms with Crippen molar-refractivity contribution in [1.29, 1.82) is 0 Å². The molecule has 0 aliphatic carbocycles. The highest BCUT2D eigenvalue weighted by Gasteiger charge is 2.18. The Balaban J connectivity index is 1.91. The van der Waals surface area contributed by atoms with Crippen molar-refractivity contribution in [3.63, 3.8) is 0 Å². The Morgan fingerprint density at radius 2 is 1.79 bits per heavy atom. The summed E-state index contributed by atoms with van der Waals surface area (Å²) in [6.07, 6.45) is 1.48. The maximum atomic E-state index is 12.5. The molecule has 5 nitrogen and oxygen atoms in total. The molecular formula is C18H9BrO5. The van der Waals surface area contributed by atoms with E-state index in [4.69, 9.17) is 13.6 Å². The Kier molecular flexibility index (Phi) is 3.46. The molecule has 0 radical (unpaired) electrons. The largest absolute Gasteiger partial charge is 0.464 e. The summed E-state index contributed by atoms with van der Waals surface area (Å²) in [5, 5.41) is 1.14. The Hall–Kier alpha value is -2.86. The molecule has 2 aromatic carbocycles. The van der Waals surface area contributed by atoms with Crippen LogP contribution in [0.15, 0.2) is 72.9 Å². The highest BCUT2D eigenvalue weighted by Crippen LogP contribution is 2.35. The van der Waals surface area contributed by atoms with E-state index < -0.39 is 11.6 Å². The van der Waals surface area contributed by atoms with Gasteiger partial charge in [0, 0.05) is 16.6 Å². The SMILES string of the molecule is O=C(Oc1c2ccoc2cc2oc(=O)ccc12)c1ccccc1Br. The van der Waals surface area contributed by atoms with Gasteiger partial charge in [0.15, 0.2) is 5.75 Å². The van der Waals surface area contributed by atoms with Crippen molar-refractivity contribution < 1.29 is 18.4 Å². The third-order valence-corrected chi connectivity index (χ3v) is 4.29. The number of hydrogen-bond donors (Lipinski definition) is 0. The lowest BCUT2D eigenvalue weighted by Crippen LogP contribution is -2.10. The minimum Gasteiger partial charge on any atom is -0.464 e. The van der Waals surface area contributed by atoms with Crippen LogP contribution < -0.4 is 10.4 Å². The fourth-order valence-corrected chi connectivity index (χ4v) is 2.94. The maximum absolute atomic E-state index is 12.5. The fourth-order valence-electron chi connectivity index (χ4n) is 2.49. The van der Waals surface area contributed by atoms with Gasteiger partial charge in [0.2, 0.25) is 0 Å². The molecule has 0 bridgehead atoms. The minimum absolute atomic E-state index is 0.292. The molecule has 4 aromatic rings. The van der Waals surface area contributed by atoms with E-state index in [1.807, 2.05) is 6.07 Å². The molecule has 0 unspecified atom stereocenters. The molecule has 0 spiro atoms. The van der Waals surface area contributed by atoms with E-state index in [1.54, 1.807) is 36.4 Å². The zero-order valence-corrected chi connectivity index (χ0v) is 13.7. The first-order valence-corrected chi connectivity index (χ1v) is 7.83. The van der Waals surface area contributed by atoms with Crippen LogP contribution in [0.5, 0.6) is 5.75 Å². The Labute approximate surface area is 143 Å². The second kappa shape index (κ2) is 5.65. The predicted molar refractivity (Wildman–Crippen MR) is 91.4 cm³/mol. The normalized spacial score (nSPS) is 11.0. The van der Waals surface area contributed by atoms with Gasteiger partial charge in [-0.05, 0) is 40.2 Å². The molecular weight excluding hydrogens is 376 g/mol. The van der Waals surface area contributed by atoms with Crippen molar-refractivity contribution in [3.05, 3.63) is 75.3 Å². The standard InChI is InChI=1S/C18H9BrO5/c19-13-4-2-1-3-10(13)18(21)24-17-11-5-6-16(20)23-15(11)9-14-12(17)7-8-22-14/h1-9H. The van der Waals surface area contributed by atoms with Crippen LogP contribution in [0.2, 0.25) is 0 Å². The average molecular weight is 385 g/mol. The van der Waals surface area contributed by atoms with Gasteiger partial charge in [-0.25, -0.2) is 9.59 Å². The summed E-state index contributed by atoms with van der Waals surface area (Å²) < 4.78 is 16.8. The number of carbonyl (C=O) groups is 1. The average Bonchev–Trinajstić information content (AvgIpc) is 3.02. The molecule has 4 rings (SSSR count). The van der Waals surface area contributed by atoms with Gasteiger partial charge < -0.3 is 13.6 Å². The van der Waals surface area contributed by atoms with Crippen molar-refractivity contribution in [2.45, 2.75) is 0 Å². The Morgan fingerprint density at radius 3 is 2.62 bits per heavy atom. The van der Waals surface area contributed by atoms with E-state index in [9.17, 15) is 9.59 Å². The number of hydrogen-bond acceptors (Lipinski definition) is 5. The summed E-state index contributed by atoms with van der Waals surface area (Å²) in [6, 6.07) is 13.1. The zero-order chi connectivity index (χ0) is 16.7. The van der Waals surface area contributed by atoms with Crippen molar-refractivity contribution in [2.24, 2.45) is 0 Å². The van der Waals surface area contributed by atoms with E-state index in [-0.39, 0.29) is 0 Å². The van der Waals surface area contributed by atoms with Crippen molar-refractivity contribution in [3.8, 4) is 5.75 Å². The molecule has 0 saturated heterocycles. The lowest BCUT2D eigenvalue weighted by atomic mass is 10.1. The zero-order valence-electron chi connectivity index (χ0n) is 12.1. The first-order chi connectivity index (χ1) is 11.6. The first kappa shape index (κ1) is 14.7. The number of rotatable bonds is 2. The predicted octanol–water partition coefficient (Wildman–Crippen LogP) is 4.52. The van der Waals surface area contributed by atoms with Crippen molar-refractivity contribution in [2.75, 3.05) is 0 Å². The topological polar surface area (TPSA) is 69.7 Å². The molecule has 118 valence electrons. The third kappa shape index (κ3) is 2.41. The second-order valence-corrected chi connectivity index (χ2v) is 5.93. The van der Waals surface area contributed by atoms with Crippen LogP contribution in [0, 0.1) is 0 Å². The van der Waals surface area contributed by atoms with Gasteiger partial charge in [-0.2, -0.15) is 0 Å². The van der Waals surface area contributed by atoms with Gasteiger partial charge in [0.1, 0.15) is 11.2 Å². The summed E-state index contributed by atoms with van der Waals surface area (Å²) in [7, 11) is 0. The molecule has 0 saturated carbocycles. The number of fused-ring (bicyclic) bond motifs is 2. The van der Waals surface area contributed by atoms with Crippen molar-refractivity contribution >= 4 is 43.8 Å². The Bertz CT molecular complexity index is 1140. The van der Waals surface area contributed by atoms with Crippen LogP contribution in [0.1, 0.15) is 10.4 Å². The van der Waals surface area contributed by atoms with Gasteiger partial charge >= 0.3 is 11.6 Å². The molecule has 0 fully saturated rings. The number of halogens is 1. The van der Waals surface area contributed by atoms with E-state index in [2.05, 4.69) is 15.9 Å². The minimum atomic E-state index is -0.524. The number of furan rings is 1. The van der Waals surface area contributed by atoms with Gasteiger partial charge in [0.25, 0.3) is 0 Å². The highest BCUT2D eigenvalue weighted by atomic mass is 79.9. The molecule has 6 heteroatoms. The lowest BCUT2D eigenvalue weighted by molar-refractivity contribution is 0.0738. The van der Waals surface area contributed by atoms with Crippen LogP contribution in [-0.2, 0) is 0 Å². The number of carbonyl (C=O) groups excluding carboxylic acids is 1. The molecule has 0 N–H and O–H groups in total. The summed E-state index contributed by atoms with van der Waals surface area (Å²) >= 11 is 3.33. The van der Waals surface area contributed by atoms with E-state index in [1.165, 1.54) is 12.3 Å². The highest BCUT2D eigenvalue weighted by molar-refractivity contribution is 9.10. The molecule has 2 aromatic heterocycles. The molecule has 0 aliphatic rings.